The zero-order chi connectivity index (χ0) is 13.9. The van der Waals surface area contributed by atoms with E-state index in [2.05, 4.69) is 0 Å². The van der Waals surface area contributed by atoms with Gasteiger partial charge in [-0.3, -0.25) is 4.79 Å². The Morgan fingerprint density at radius 2 is 1.68 bits per heavy atom. The second-order valence-corrected chi connectivity index (χ2v) is 5.24. The van der Waals surface area contributed by atoms with Crippen molar-refractivity contribution < 1.29 is 9.90 Å². The average molecular weight is 275 g/mol. The molecule has 0 radical (unpaired) electrons. The van der Waals surface area contributed by atoms with Crippen LogP contribution in [0.1, 0.15) is 18.1 Å². The van der Waals surface area contributed by atoms with Crippen molar-refractivity contribution in [3.8, 4) is 0 Å². The highest BCUT2D eigenvalue weighted by molar-refractivity contribution is 6.30. The number of carboxylic acid groups (broad SMARTS) is 1. The van der Waals surface area contributed by atoms with E-state index in [-0.39, 0.29) is 0 Å². The molecule has 0 bridgehead atoms. The number of carboxylic acids is 1. The molecule has 1 N–H and O–H groups in total. The number of hydrogen-bond acceptors (Lipinski definition) is 1. The highest BCUT2D eigenvalue weighted by atomic mass is 35.5. The van der Waals surface area contributed by atoms with Gasteiger partial charge in [0.05, 0.1) is 5.41 Å². The van der Waals surface area contributed by atoms with Crippen LogP contribution in [0.3, 0.4) is 0 Å². The van der Waals surface area contributed by atoms with Crippen molar-refractivity contribution in [2.75, 3.05) is 0 Å². The molecule has 2 aromatic carbocycles. The summed E-state index contributed by atoms with van der Waals surface area (Å²) in [6.07, 6.45) is 0.449. The third-order valence-corrected chi connectivity index (χ3v) is 3.61. The van der Waals surface area contributed by atoms with Gasteiger partial charge in [-0.1, -0.05) is 54.1 Å². The summed E-state index contributed by atoms with van der Waals surface area (Å²) in [6, 6.07) is 16.6. The molecule has 98 valence electrons. The smallest absolute Gasteiger partial charge is 0.314 e. The Morgan fingerprint density at radius 3 is 2.21 bits per heavy atom. The summed E-state index contributed by atoms with van der Waals surface area (Å²) >= 11 is 5.85. The Hall–Kier alpha value is -1.80. The zero-order valence-electron chi connectivity index (χ0n) is 10.6. The van der Waals surface area contributed by atoms with Crippen LogP contribution in [-0.2, 0) is 16.6 Å². The van der Waals surface area contributed by atoms with Gasteiger partial charge >= 0.3 is 5.97 Å². The number of aliphatic carboxylic acids is 1. The van der Waals surface area contributed by atoms with Crippen molar-refractivity contribution in [3.63, 3.8) is 0 Å². The fourth-order valence-corrected chi connectivity index (χ4v) is 2.25. The lowest BCUT2D eigenvalue weighted by atomic mass is 9.77. The second-order valence-electron chi connectivity index (χ2n) is 4.81. The van der Waals surface area contributed by atoms with E-state index in [4.69, 9.17) is 11.6 Å². The second kappa shape index (κ2) is 5.45. The van der Waals surface area contributed by atoms with Crippen LogP contribution in [0, 0.1) is 0 Å². The molecule has 0 saturated heterocycles. The molecule has 2 aromatic rings. The van der Waals surface area contributed by atoms with Gasteiger partial charge in [0.15, 0.2) is 0 Å². The standard InChI is InChI=1S/C16H15ClO2/c1-16(15(18)19,11-12-5-3-2-4-6-12)13-7-9-14(17)10-8-13/h2-10H,11H2,1H3,(H,18,19). The molecule has 0 aliphatic carbocycles. The summed E-state index contributed by atoms with van der Waals surface area (Å²) < 4.78 is 0. The Kier molecular flexibility index (Phi) is 3.91. The van der Waals surface area contributed by atoms with Gasteiger partial charge in [0, 0.05) is 5.02 Å². The van der Waals surface area contributed by atoms with Gasteiger partial charge < -0.3 is 5.11 Å². The summed E-state index contributed by atoms with van der Waals surface area (Å²) in [5.41, 5.74) is 0.807. The summed E-state index contributed by atoms with van der Waals surface area (Å²) in [5.74, 6) is -0.835. The molecule has 0 saturated carbocycles. The molecule has 2 rings (SSSR count). The highest BCUT2D eigenvalue weighted by Crippen LogP contribution is 2.29. The average Bonchev–Trinajstić information content (AvgIpc) is 2.40. The van der Waals surface area contributed by atoms with Gasteiger partial charge in [-0.15, -0.1) is 0 Å². The molecule has 0 heterocycles. The number of rotatable bonds is 4. The monoisotopic (exact) mass is 274 g/mol. The van der Waals surface area contributed by atoms with Crippen molar-refractivity contribution >= 4 is 17.6 Å². The van der Waals surface area contributed by atoms with Crippen LogP contribution < -0.4 is 0 Å². The lowest BCUT2D eigenvalue weighted by molar-refractivity contribution is -0.143. The molecular formula is C16H15ClO2. The summed E-state index contributed by atoms with van der Waals surface area (Å²) in [4.78, 5) is 11.7. The van der Waals surface area contributed by atoms with Gasteiger partial charge in [0.1, 0.15) is 0 Å². The maximum Gasteiger partial charge on any atom is 0.314 e. The first-order chi connectivity index (χ1) is 9.02. The van der Waals surface area contributed by atoms with Gasteiger partial charge in [-0.05, 0) is 36.6 Å². The van der Waals surface area contributed by atoms with E-state index in [1.807, 2.05) is 30.3 Å². The Bertz CT molecular complexity index is 563. The predicted octanol–water partition coefficient (Wildman–Crippen LogP) is 3.93. The van der Waals surface area contributed by atoms with E-state index >= 15 is 0 Å². The van der Waals surface area contributed by atoms with Crippen molar-refractivity contribution in [1.82, 2.24) is 0 Å². The van der Waals surface area contributed by atoms with E-state index < -0.39 is 11.4 Å². The number of carbonyl (C=O) groups is 1. The molecule has 2 nitrogen and oxygen atoms in total. The zero-order valence-corrected chi connectivity index (χ0v) is 11.4. The lowest BCUT2D eigenvalue weighted by Gasteiger charge is -2.25. The van der Waals surface area contributed by atoms with Gasteiger partial charge in [0.25, 0.3) is 0 Å². The van der Waals surface area contributed by atoms with Crippen LogP contribution in [0.5, 0.6) is 0 Å². The SMILES string of the molecule is CC(Cc1ccccc1)(C(=O)O)c1ccc(Cl)cc1. The molecule has 0 amide bonds. The highest BCUT2D eigenvalue weighted by Gasteiger charge is 2.35. The van der Waals surface area contributed by atoms with E-state index in [1.54, 1.807) is 31.2 Å². The van der Waals surface area contributed by atoms with Crippen LogP contribution in [0.4, 0.5) is 0 Å². The first-order valence-electron chi connectivity index (χ1n) is 6.06. The van der Waals surface area contributed by atoms with Gasteiger partial charge in [-0.2, -0.15) is 0 Å². The lowest BCUT2D eigenvalue weighted by Crippen LogP contribution is -2.34. The maximum absolute atomic E-state index is 11.7. The van der Waals surface area contributed by atoms with Crippen LogP contribution in [0.2, 0.25) is 5.02 Å². The quantitative estimate of drug-likeness (QED) is 0.917. The number of benzene rings is 2. The Labute approximate surface area is 117 Å². The summed E-state index contributed by atoms with van der Waals surface area (Å²) in [5, 5.41) is 10.2. The van der Waals surface area contributed by atoms with E-state index in [0.717, 1.165) is 11.1 Å². The fourth-order valence-electron chi connectivity index (χ4n) is 2.12. The van der Waals surface area contributed by atoms with Crippen molar-refractivity contribution in [3.05, 3.63) is 70.7 Å². The Balaban J connectivity index is 2.38. The minimum absolute atomic E-state index is 0.449. The third kappa shape index (κ3) is 2.96. The van der Waals surface area contributed by atoms with E-state index in [1.165, 1.54) is 0 Å². The predicted molar refractivity (Wildman–Crippen MR) is 76.6 cm³/mol. The van der Waals surface area contributed by atoms with E-state index in [0.29, 0.717) is 11.4 Å². The van der Waals surface area contributed by atoms with Crippen LogP contribution in [-0.4, -0.2) is 11.1 Å². The molecule has 1 unspecified atom stereocenters. The van der Waals surface area contributed by atoms with Crippen LogP contribution in [0.15, 0.2) is 54.6 Å². The molecule has 0 fully saturated rings. The molecule has 19 heavy (non-hydrogen) atoms. The topological polar surface area (TPSA) is 37.3 Å². The molecular weight excluding hydrogens is 260 g/mol. The first kappa shape index (κ1) is 13.6. The normalized spacial score (nSPS) is 13.8. The molecule has 3 heteroatoms. The van der Waals surface area contributed by atoms with Crippen LogP contribution >= 0.6 is 11.6 Å². The molecule has 0 aliphatic rings. The van der Waals surface area contributed by atoms with E-state index in [9.17, 15) is 9.90 Å². The summed E-state index contributed by atoms with van der Waals surface area (Å²) in [7, 11) is 0. The minimum Gasteiger partial charge on any atom is -0.481 e. The third-order valence-electron chi connectivity index (χ3n) is 3.35. The first-order valence-corrected chi connectivity index (χ1v) is 6.43. The molecule has 0 spiro atoms. The molecule has 1 atom stereocenters. The van der Waals surface area contributed by atoms with Crippen molar-refractivity contribution in [1.29, 1.82) is 0 Å². The molecule has 0 aromatic heterocycles. The van der Waals surface area contributed by atoms with Crippen molar-refractivity contribution in [2.45, 2.75) is 18.8 Å². The van der Waals surface area contributed by atoms with Gasteiger partial charge in [-0.25, -0.2) is 0 Å². The summed E-state index contributed by atoms with van der Waals surface area (Å²) in [6.45, 7) is 1.74. The van der Waals surface area contributed by atoms with Gasteiger partial charge in [0.2, 0.25) is 0 Å². The van der Waals surface area contributed by atoms with Crippen LogP contribution in [0.25, 0.3) is 0 Å². The maximum atomic E-state index is 11.7. The number of halogens is 1. The number of hydrogen-bond donors (Lipinski definition) is 1. The molecule has 0 aliphatic heterocycles. The minimum atomic E-state index is -0.952. The Morgan fingerprint density at radius 1 is 1.11 bits per heavy atom. The fraction of sp³-hybridized carbons (Fsp3) is 0.188. The largest absolute Gasteiger partial charge is 0.481 e. The van der Waals surface area contributed by atoms with Crippen molar-refractivity contribution in [2.24, 2.45) is 0 Å².